The molecule has 0 bridgehead atoms. The van der Waals surface area contributed by atoms with Crippen LogP contribution in [-0.4, -0.2) is 26.9 Å². The highest BCUT2D eigenvalue weighted by molar-refractivity contribution is 7.17. The fourth-order valence-corrected chi connectivity index (χ4v) is 4.29. The van der Waals surface area contributed by atoms with E-state index in [2.05, 4.69) is 10.3 Å². The molecule has 7 heteroatoms. The van der Waals surface area contributed by atoms with Gasteiger partial charge in [-0.25, -0.2) is 4.98 Å². The molecule has 2 heterocycles. The lowest BCUT2D eigenvalue weighted by atomic mass is 10.0. The molecule has 0 spiro atoms. The number of aryl methyl sites for hydroxylation is 1. The molecule has 0 saturated carbocycles. The summed E-state index contributed by atoms with van der Waals surface area (Å²) in [5, 5.41) is 13.0. The predicted octanol–water partition coefficient (Wildman–Crippen LogP) is 3.12. The molecule has 0 aliphatic rings. The number of nitrogens with one attached hydrogen (secondary N) is 1. The summed E-state index contributed by atoms with van der Waals surface area (Å²) >= 11 is 1.42. The Labute approximate surface area is 177 Å². The Hall–Kier alpha value is -3.29. The summed E-state index contributed by atoms with van der Waals surface area (Å²) in [6.07, 6.45) is 2.88. The zero-order valence-corrected chi connectivity index (χ0v) is 17.2. The maximum Gasteiger partial charge on any atom is 0.271 e. The highest BCUT2D eigenvalue weighted by Crippen LogP contribution is 2.19. The molecule has 4 rings (SSSR count). The molecule has 152 valence electrons. The van der Waals surface area contributed by atoms with Gasteiger partial charge in [0.1, 0.15) is 5.56 Å². The molecule has 30 heavy (non-hydrogen) atoms. The highest BCUT2D eigenvalue weighted by atomic mass is 32.1. The normalized spacial score (nSPS) is 12.1. The van der Waals surface area contributed by atoms with E-state index < -0.39 is 17.6 Å². The van der Waals surface area contributed by atoms with Crippen LogP contribution in [0.5, 0.6) is 0 Å². The maximum atomic E-state index is 12.8. The summed E-state index contributed by atoms with van der Waals surface area (Å²) in [6, 6.07) is 17.4. The second-order valence-electron chi connectivity index (χ2n) is 7.07. The maximum absolute atomic E-state index is 12.8. The van der Waals surface area contributed by atoms with Crippen LogP contribution < -0.4 is 10.9 Å². The van der Waals surface area contributed by atoms with E-state index in [1.54, 1.807) is 6.20 Å². The van der Waals surface area contributed by atoms with Gasteiger partial charge in [0.25, 0.3) is 11.5 Å². The van der Waals surface area contributed by atoms with E-state index in [1.807, 2.05) is 61.5 Å². The van der Waals surface area contributed by atoms with Gasteiger partial charge in [-0.3, -0.25) is 14.0 Å². The van der Waals surface area contributed by atoms with Crippen molar-refractivity contribution in [2.24, 2.45) is 0 Å². The van der Waals surface area contributed by atoms with Crippen LogP contribution in [0.3, 0.4) is 0 Å². The first kappa shape index (κ1) is 20.0. The van der Waals surface area contributed by atoms with Gasteiger partial charge < -0.3 is 10.4 Å². The van der Waals surface area contributed by atoms with Crippen molar-refractivity contribution >= 4 is 22.2 Å². The number of hydrogen-bond acceptors (Lipinski definition) is 5. The van der Waals surface area contributed by atoms with Crippen LogP contribution in [0.2, 0.25) is 0 Å². The van der Waals surface area contributed by atoms with Gasteiger partial charge in [-0.2, -0.15) is 0 Å². The van der Waals surface area contributed by atoms with Crippen molar-refractivity contribution in [3.8, 4) is 0 Å². The highest BCUT2D eigenvalue weighted by Gasteiger charge is 2.17. The summed E-state index contributed by atoms with van der Waals surface area (Å²) in [6.45, 7) is 1.91. The number of fused-ring (bicyclic) bond motifs is 1. The Morgan fingerprint density at radius 3 is 2.67 bits per heavy atom. The lowest BCUT2D eigenvalue weighted by Gasteiger charge is -2.14. The van der Waals surface area contributed by atoms with E-state index in [0.717, 1.165) is 21.6 Å². The van der Waals surface area contributed by atoms with Crippen LogP contribution >= 0.6 is 11.3 Å². The van der Waals surface area contributed by atoms with Crippen molar-refractivity contribution in [3.05, 3.63) is 104 Å². The number of thiazole rings is 1. The van der Waals surface area contributed by atoms with Crippen molar-refractivity contribution in [3.63, 3.8) is 0 Å². The molecule has 1 unspecified atom stereocenters. The number of aromatic nitrogens is 2. The number of benzene rings is 2. The van der Waals surface area contributed by atoms with Gasteiger partial charge in [-0.1, -0.05) is 54.6 Å². The summed E-state index contributed by atoms with van der Waals surface area (Å²) in [4.78, 5) is 31.2. The van der Waals surface area contributed by atoms with E-state index >= 15 is 0 Å². The summed E-state index contributed by atoms with van der Waals surface area (Å²) in [7, 11) is 0. The molecule has 2 N–H and O–H groups in total. The van der Waals surface area contributed by atoms with Crippen molar-refractivity contribution in [1.29, 1.82) is 0 Å². The van der Waals surface area contributed by atoms with Crippen LogP contribution in [-0.2, 0) is 6.42 Å². The number of carbonyl (C=O) groups is 1. The zero-order chi connectivity index (χ0) is 21.1. The monoisotopic (exact) mass is 419 g/mol. The molecule has 1 atom stereocenters. The van der Waals surface area contributed by atoms with Crippen LogP contribution in [0, 0.1) is 6.92 Å². The van der Waals surface area contributed by atoms with E-state index in [9.17, 15) is 14.7 Å². The van der Waals surface area contributed by atoms with E-state index in [4.69, 9.17) is 0 Å². The number of amides is 1. The summed E-state index contributed by atoms with van der Waals surface area (Å²) < 4.78 is 1.41. The Bertz CT molecular complexity index is 1250. The molecule has 4 aromatic rings. The predicted molar refractivity (Wildman–Crippen MR) is 117 cm³/mol. The first-order valence-electron chi connectivity index (χ1n) is 9.58. The SMILES string of the molecule is Cc1ccccc1C(O)CNC(=O)c1cnc2sc(Cc3ccccc3)cn2c1=O. The molecule has 0 aliphatic carbocycles. The van der Waals surface area contributed by atoms with E-state index in [0.29, 0.717) is 11.4 Å². The number of rotatable bonds is 6. The average Bonchev–Trinajstić information content (AvgIpc) is 3.16. The van der Waals surface area contributed by atoms with Gasteiger partial charge in [0.05, 0.1) is 6.10 Å². The number of hydrogen-bond donors (Lipinski definition) is 2. The molecular weight excluding hydrogens is 398 g/mol. The summed E-state index contributed by atoms with van der Waals surface area (Å²) in [5.41, 5.74) is 2.35. The van der Waals surface area contributed by atoms with Gasteiger partial charge in [0.2, 0.25) is 0 Å². The van der Waals surface area contributed by atoms with Crippen molar-refractivity contribution in [2.45, 2.75) is 19.4 Å². The quantitative estimate of drug-likeness (QED) is 0.503. The Morgan fingerprint density at radius 2 is 1.90 bits per heavy atom. The Kier molecular flexibility index (Phi) is 5.74. The van der Waals surface area contributed by atoms with Gasteiger partial charge in [-0.05, 0) is 23.6 Å². The van der Waals surface area contributed by atoms with Gasteiger partial charge in [0, 0.05) is 30.2 Å². The molecule has 1 amide bonds. The topological polar surface area (TPSA) is 83.7 Å². The minimum atomic E-state index is -0.854. The minimum absolute atomic E-state index is 0.00866. The smallest absolute Gasteiger partial charge is 0.271 e. The number of carbonyl (C=O) groups excluding carboxylic acids is 1. The zero-order valence-electron chi connectivity index (χ0n) is 16.4. The second kappa shape index (κ2) is 8.61. The van der Waals surface area contributed by atoms with Crippen LogP contribution in [0.4, 0.5) is 0 Å². The molecule has 0 fully saturated rings. The van der Waals surface area contributed by atoms with Crippen molar-refractivity contribution in [2.75, 3.05) is 6.54 Å². The Morgan fingerprint density at radius 1 is 1.17 bits per heavy atom. The van der Waals surface area contributed by atoms with E-state index in [-0.39, 0.29) is 12.1 Å². The lowest BCUT2D eigenvalue weighted by Crippen LogP contribution is -2.33. The Balaban J connectivity index is 1.51. The van der Waals surface area contributed by atoms with Crippen molar-refractivity contribution < 1.29 is 9.90 Å². The third-order valence-corrected chi connectivity index (χ3v) is 5.92. The fraction of sp³-hybridized carbons (Fsp3) is 0.174. The number of nitrogens with zero attached hydrogens (tertiary/aromatic N) is 2. The molecule has 0 radical (unpaired) electrons. The molecule has 2 aromatic heterocycles. The molecular formula is C23H21N3O3S. The van der Waals surface area contributed by atoms with Crippen LogP contribution in [0.15, 0.2) is 71.8 Å². The van der Waals surface area contributed by atoms with Crippen LogP contribution in [0.25, 0.3) is 4.96 Å². The molecule has 6 nitrogen and oxygen atoms in total. The molecule has 2 aromatic carbocycles. The van der Waals surface area contributed by atoms with Crippen molar-refractivity contribution in [1.82, 2.24) is 14.7 Å². The first-order valence-corrected chi connectivity index (χ1v) is 10.4. The number of aliphatic hydroxyl groups is 1. The van der Waals surface area contributed by atoms with Gasteiger partial charge in [-0.15, -0.1) is 11.3 Å². The van der Waals surface area contributed by atoms with Crippen LogP contribution in [0.1, 0.15) is 38.0 Å². The van der Waals surface area contributed by atoms with Gasteiger partial charge in [0.15, 0.2) is 4.96 Å². The third-order valence-electron chi connectivity index (χ3n) is 4.92. The molecule has 0 aliphatic heterocycles. The number of aliphatic hydroxyl groups excluding tert-OH is 1. The largest absolute Gasteiger partial charge is 0.387 e. The molecule has 0 saturated heterocycles. The fourth-order valence-electron chi connectivity index (χ4n) is 3.32. The minimum Gasteiger partial charge on any atom is -0.387 e. The lowest BCUT2D eigenvalue weighted by molar-refractivity contribution is 0.0914. The summed E-state index contributed by atoms with van der Waals surface area (Å²) in [5.74, 6) is -0.551. The standard InChI is InChI=1S/C23H21N3O3S/c1-15-7-5-6-10-18(15)20(27)13-24-21(28)19-12-25-23-26(22(19)29)14-17(30-23)11-16-8-3-2-4-9-16/h2-10,12,14,20,27H,11,13H2,1H3,(H,24,28). The third kappa shape index (κ3) is 4.17. The van der Waals surface area contributed by atoms with E-state index in [1.165, 1.54) is 21.9 Å². The average molecular weight is 420 g/mol. The van der Waals surface area contributed by atoms with Gasteiger partial charge >= 0.3 is 0 Å². The first-order chi connectivity index (χ1) is 14.5. The second-order valence-corrected chi connectivity index (χ2v) is 8.17.